The van der Waals surface area contributed by atoms with Gasteiger partial charge in [0.25, 0.3) is 0 Å². The molecule has 1 heterocycles. The first-order chi connectivity index (χ1) is 14.9. The van der Waals surface area contributed by atoms with Crippen molar-refractivity contribution < 1.29 is 9.59 Å². The van der Waals surface area contributed by atoms with Crippen LogP contribution in [0.15, 0.2) is 48.5 Å². The molecule has 0 bridgehead atoms. The number of hydrogen-bond donors (Lipinski definition) is 3. The molecule has 8 heteroatoms. The van der Waals surface area contributed by atoms with Crippen molar-refractivity contribution in [1.29, 1.82) is 0 Å². The minimum atomic E-state index is -0.564. The van der Waals surface area contributed by atoms with Gasteiger partial charge in [-0.3, -0.25) is 9.59 Å². The molecule has 0 aliphatic heterocycles. The monoisotopic (exact) mass is 531 g/mol. The zero-order chi connectivity index (χ0) is 22.4. The molecule has 0 radical (unpaired) electrons. The minimum Gasteiger partial charge on any atom is -0.368 e. The van der Waals surface area contributed by atoms with Crippen molar-refractivity contribution >= 4 is 51.1 Å². The molecule has 2 aromatic carbocycles. The largest absolute Gasteiger partial charge is 0.368 e. The summed E-state index contributed by atoms with van der Waals surface area (Å²) in [6.45, 7) is 4.02. The summed E-state index contributed by atoms with van der Waals surface area (Å²) in [5.74, 6) is 0.438. The third-order valence-electron chi connectivity index (χ3n) is 4.87. The first-order valence-electron chi connectivity index (χ1n) is 10.1. The van der Waals surface area contributed by atoms with E-state index in [4.69, 9.17) is 5.73 Å². The van der Waals surface area contributed by atoms with Crippen molar-refractivity contribution in [1.82, 2.24) is 15.3 Å². The topological polar surface area (TPSA) is 110 Å². The fourth-order valence-electron chi connectivity index (χ4n) is 3.28. The molecule has 162 valence electrons. The number of carbonyl (C=O) groups is 2. The van der Waals surface area contributed by atoms with Crippen molar-refractivity contribution in [3.8, 4) is 0 Å². The Labute approximate surface area is 195 Å². The van der Waals surface area contributed by atoms with Gasteiger partial charge in [-0.25, -0.2) is 9.97 Å². The van der Waals surface area contributed by atoms with Gasteiger partial charge < -0.3 is 16.4 Å². The quantitative estimate of drug-likeness (QED) is 0.290. The lowest BCUT2D eigenvalue weighted by Crippen LogP contribution is -2.40. The normalized spacial score (nSPS) is 12.0. The third-order valence-corrected chi connectivity index (χ3v) is 5.75. The number of nitrogens with one attached hydrogen (secondary N) is 2. The summed E-state index contributed by atoms with van der Waals surface area (Å²) in [5, 5.41) is 6.84. The van der Waals surface area contributed by atoms with Crippen LogP contribution in [0.4, 0.5) is 5.82 Å². The molecule has 1 atom stereocenters. The number of fused-ring (bicyclic) bond motifs is 1. The summed E-state index contributed by atoms with van der Waals surface area (Å²) in [6, 6.07) is 15.0. The summed E-state index contributed by atoms with van der Waals surface area (Å²) >= 11 is 2.30. The van der Waals surface area contributed by atoms with E-state index in [1.807, 2.05) is 62.4 Å². The number of rotatable bonds is 9. The summed E-state index contributed by atoms with van der Waals surface area (Å²) in [5.41, 5.74) is 8.44. The number of carbonyl (C=O) groups excluding carboxylic acids is 2. The van der Waals surface area contributed by atoms with Gasteiger partial charge in [0, 0.05) is 9.81 Å². The lowest BCUT2D eigenvalue weighted by atomic mass is 10.0. The van der Waals surface area contributed by atoms with Crippen molar-refractivity contribution in [3.63, 3.8) is 0 Å². The van der Waals surface area contributed by atoms with Gasteiger partial charge in [-0.05, 0) is 29.2 Å². The van der Waals surface area contributed by atoms with Gasteiger partial charge in [-0.2, -0.15) is 0 Å². The maximum absolute atomic E-state index is 12.4. The number of nitrogens with two attached hydrogens (primary N) is 1. The Morgan fingerprint density at radius 2 is 1.81 bits per heavy atom. The van der Waals surface area contributed by atoms with Gasteiger partial charge in [-0.15, -0.1) is 0 Å². The molecule has 0 unspecified atom stereocenters. The predicted molar refractivity (Wildman–Crippen MR) is 131 cm³/mol. The average molecular weight is 531 g/mol. The van der Waals surface area contributed by atoms with Crippen molar-refractivity contribution in [2.45, 2.75) is 37.3 Å². The highest BCUT2D eigenvalue weighted by atomic mass is 127. The van der Waals surface area contributed by atoms with Crippen LogP contribution in [0.25, 0.3) is 10.9 Å². The molecule has 0 fully saturated rings. The van der Waals surface area contributed by atoms with E-state index < -0.39 is 11.9 Å². The van der Waals surface area contributed by atoms with E-state index in [1.165, 1.54) is 5.56 Å². The van der Waals surface area contributed by atoms with Crippen molar-refractivity contribution in [2.24, 2.45) is 11.7 Å². The highest BCUT2D eigenvalue weighted by Crippen LogP contribution is 2.22. The van der Waals surface area contributed by atoms with E-state index in [1.54, 1.807) is 0 Å². The van der Waals surface area contributed by atoms with Gasteiger partial charge in [0.1, 0.15) is 11.9 Å². The molecular formula is C23H26IN5O2. The summed E-state index contributed by atoms with van der Waals surface area (Å²) in [6.07, 6.45) is 0.292. The number of nitrogens with zero attached hydrogens (tertiary/aromatic N) is 2. The first-order valence-corrected chi connectivity index (χ1v) is 11.6. The molecular weight excluding hydrogens is 505 g/mol. The van der Waals surface area contributed by atoms with Gasteiger partial charge in [-0.1, -0.05) is 72.8 Å². The minimum absolute atomic E-state index is 0.00677. The first kappa shape index (κ1) is 22.9. The van der Waals surface area contributed by atoms with Crippen molar-refractivity contribution in [3.05, 3.63) is 65.5 Å². The van der Waals surface area contributed by atoms with Gasteiger partial charge in [0.2, 0.25) is 11.8 Å². The smallest absolute Gasteiger partial charge is 0.240 e. The van der Waals surface area contributed by atoms with Crippen LogP contribution in [-0.2, 0) is 27.0 Å². The zero-order valence-electron chi connectivity index (χ0n) is 17.6. The maximum atomic E-state index is 12.4. The molecule has 0 spiro atoms. The van der Waals surface area contributed by atoms with E-state index >= 15 is 0 Å². The van der Waals surface area contributed by atoms with Gasteiger partial charge >= 0.3 is 0 Å². The Balaban J connectivity index is 1.77. The Morgan fingerprint density at radius 1 is 1.06 bits per heavy atom. The average Bonchev–Trinajstić information content (AvgIpc) is 2.75. The molecule has 7 nitrogen and oxygen atoms in total. The number of hydrogen-bond acceptors (Lipinski definition) is 5. The predicted octanol–water partition coefficient (Wildman–Crippen LogP) is 3.35. The van der Waals surface area contributed by atoms with E-state index in [9.17, 15) is 9.59 Å². The van der Waals surface area contributed by atoms with Crippen molar-refractivity contribution in [2.75, 3.05) is 5.32 Å². The van der Waals surface area contributed by atoms with Crippen LogP contribution in [0.3, 0.4) is 0 Å². The lowest BCUT2D eigenvalue weighted by molar-refractivity contribution is -0.121. The maximum Gasteiger partial charge on any atom is 0.240 e. The van der Waals surface area contributed by atoms with E-state index in [0.29, 0.717) is 18.1 Å². The molecule has 31 heavy (non-hydrogen) atoms. The second-order valence-corrected chi connectivity index (χ2v) is 8.44. The Bertz CT molecular complexity index is 1090. The molecule has 0 saturated carbocycles. The lowest BCUT2D eigenvalue weighted by Gasteiger charge is -2.21. The summed E-state index contributed by atoms with van der Waals surface area (Å²) < 4.78 is 0.899. The van der Waals surface area contributed by atoms with E-state index in [-0.39, 0.29) is 18.4 Å². The van der Waals surface area contributed by atoms with Crippen LogP contribution in [0, 0.1) is 5.92 Å². The van der Waals surface area contributed by atoms with Crippen LogP contribution in [0.5, 0.6) is 0 Å². The highest BCUT2D eigenvalue weighted by molar-refractivity contribution is 14.1. The van der Waals surface area contributed by atoms with Gasteiger partial charge in [0.05, 0.1) is 18.5 Å². The number of anilines is 1. The third kappa shape index (κ3) is 6.13. The van der Waals surface area contributed by atoms with E-state index in [2.05, 4.69) is 43.2 Å². The number of amides is 2. The second-order valence-electron chi connectivity index (χ2n) is 7.68. The van der Waals surface area contributed by atoms with Gasteiger partial charge in [0.15, 0.2) is 5.82 Å². The molecule has 3 aromatic rings. The zero-order valence-corrected chi connectivity index (χ0v) is 19.7. The molecule has 3 rings (SSSR count). The summed E-state index contributed by atoms with van der Waals surface area (Å²) in [4.78, 5) is 33.4. The molecule has 1 aromatic heterocycles. The molecule has 0 aliphatic rings. The number of benzene rings is 2. The fourth-order valence-corrected chi connectivity index (χ4v) is 3.75. The summed E-state index contributed by atoms with van der Waals surface area (Å²) in [7, 11) is 0. The SMILES string of the molecule is CC(C)[C@H](Nc1nc(CNC(=O)Cc2cccc(CI)c2)nc2ccccc12)C(N)=O. The number of primary amides is 1. The van der Waals surface area contributed by atoms with Crippen LogP contribution in [0.2, 0.25) is 0 Å². The molecule has 0 aliphatic carbocycles. The molecule has 2 amide bonds. The molecule has 0 saturated heterocycles. The number of aromatic nitrogens is 2. The Morgan fingerprint density at radius 3 is 2.52 bits per heavy atom. The van der Waals surface area contributed by atoms with E-state index in [0.717, 1.165) is 20.9 Å². The van der Waals surface area contributed by atoms with Crippen LogP contribution < -0.4 is 16.4 Å². The number of alkyl halides is 1. The standard InChI is InChI=1S/C23H26IN5O2/c1-14(2)21(22(25)31)29-23-17-8-3-4-9-18(17)27-19(28-23)13-26-20(30)11-15-6-5-7-16(10-15)12-24/h3-10,14,21H,11-13H2,1-2H3,(H2,25,31)(H,26,30)(H,27,28,29)/t21-/m0/s1. The Hall–Kier alpha value is -2.75. The second kappa shape index (κ2) is 10.5. The van der Waals surface area contributed by atoms with Crippen LogP contribution >= 0.6 is 22.6 Å². The number of halogens is 1. The Kier molecular flexibility index (Phi) is 7.78. The highest BCUT2D eigenvalue weighted by Gasteiger charge is 2.21. The number of para-hydroxylation sites is 1. The fraction of sp³-hybridized carbons (Fsp3) is 0.304. The van der Waals surface area contributed by atoms with Crippen LogP contribution in [0.1, 0.15) is 30.8 Å². The van der Waals surface area contributed by atoms with Crippen LogP contribution in [-0.4, -0.2) is 27.8 Å². The molecule has 4 N–H and O–H groups in total.